The first kappa shape index (κ1) is 16.7. The molecule has 2 bridgehead atoms. The number of nitrogens with one attached hydrogen (secondary N) is 1. The molecule has 0 aromatic heterocycles. The molecule has 1 aliphatic carbocycles. The Bertz CT molecular complexity index is 512. The smallest absolute Gasteiger partial charge is 0.235 e. The van der Waals surface area contributed by atoms with Gasteiger partial charge in [0.05, 0.1) is 5.41 Å². The van der Waals surface area contributed by atoms with E-state index < -0.39 is 5.41 Å². The molecule has 2 fully saturated rings. The van der Waals surface area contributed by atoms with Crippen molar-refractivity contribution in [2.45, 2.75) is 46.5 Å². The minimum atomic E-state index is -0.462. The molecule has 5 nitrogen and oxygen atoms in total. The lowest BCUT2D eigenvalue weighted by atomic mass is 9.62. The molecule has 0 aromatic rings. The molecule has 1 saturated heterocycles. The van der Waals surface area contributed by atoms with E-state index in [4.69, 9.17) is 0 Å². The Morgan fingerprint density at radius 2 is 2.09 bits per heavy atom. The van der Waals surface area contributed by atoms with Gasteiger partial charge in [0.2, 0.25) is 17.7 Å². The minimum Gasteiger partial charge on any atom is -0.353 e. The molecule has 0 spiro atoms. The summed E-state index contributed by atoms with van der Waals surface area (Å²) in [5.41, 5.74) is -0.740. The number of rotatable bonds is 6. The zero-order chi connectivity index (χ0) is 16.5. The number of amides is 3. The van der Waals surface area contributed by atoms with Crippen LogP contribution in [0.25, 0.3) is 0 Å². The molecule has 1 saturated carbocycles. The van der Waals surface area contributed by atoms with Gasteiger partial charge in [0.15, 0.2) is 0 Å². The molecule has 2 aliphatic rings. The highest BCUT2D eigenvalue weighted by atomic mass is 16.2. The van der Waals surface area contributed by atoms with E-state index in [2.05, 4.69) is 11.9 Å². The summed E-state index contributed by atoms with van der Waals surface area (Å²) in [5.74, 6) is -0.282. The van der Waals surface area contributed by atoms with Gasteiger partial charge in [-0.25, -0.2) is 0 Å². The largest absolute Gasteiger partial charge is 0.353 e. The highest BCUT2D eigenvalue weighted by Gasteiger charge is 2.64. The molecule has 0 radical (unpaired) electrons. The van der Waals surface area contributed by atoms with Crippen molar-refractivity contribution in [2.24, 2.45) is 16.7 Å². The average Bonchev–Trinajstić information content (AvgIpc) is 2.65. The molecule has 1 N–H and O–H groups in total. The zero-order valence-electron chi connectivity index (χ0n) is 13.8. The lowest BCUT2D eigenvalue weighted by Crippen LogP contribution is -2.59. The Morgan fingerprint density at radius 1 is 1.41 bits per heavy atom. The Balaban J connectivity index is 1.98. The summed E-state index contributed by atoms with van der Waals surface area (Å²) in [6, 6.07) is 0. The molecular formula is C17H26N2O3. The summed E-state index contributed by atoms with van der Waals surface area (Å²) in [6.07, 6.45) is 3.99. The van der Waals surface area contributed by atoms with E-state index in [1.807, 2.05) is 20.8 Å². The Kier molecular flexibility index (Phi) is 4.45. The molecule has 5 heteroatoms. The van der Waals surface area contributed by atoms with Crippen LogP contribution in [0.3, 0.4) is 0 Å². The molecule has 22 heavy (non-hydrogen) atoms. The van der Waals surface area contributed by atoms with E-state index in [0.717, 1.165) is 12.8 Å². The van der Waals surface area contributed by atoms with Crippen LogP contribution in [0.4, 0.5) is 0 Å². The van der Waals surface area contributed by atoms with E-state index in [0.29, 0.717) is 25.9 Å². The second-order valence-corrected chi connectivity index (χ2v) is 7.14. The summed E-state index contributed by atoms with van der Waals surface area (Å²) in [4.78, 5) is 38.3. The molecular weight excluding hydrogens is 280 g/mol. The van der Waals surface area contributed by atoms with Gasteiger partial charge in [-0.2, -0.15) is 0 Å². The van der Waals surface area contributed by atoms with Crippen molar-refractivity contribution < 1.29 is 14.4 Å². The van der Waals surface area contributed by atoms with Crippen molar-refractivity contribution in [1.29, 1.82) is 0 Å². The normalized spacial score (nSPS) is 29.6. The van der Waals surface area contributed by atoms with Crippen molar-refractivity contribution in [2.75, 3.05) is 13.1 Å². The second-order valence-electron chi connectivity index (χ2n) is 7.14. The summed E-state index contributed by atoms with van der Waals surface area (Å²) in [6.45, 7) is 10.3. The monoisotopic (exact) mass is 306 g/mol. The van der Waals surface area contributed by atoms with E-state index in [9.17, 15) is 14.4 Å². The number of piperidine rings is 1. The summed E-state index contributed by atoms with van der Waals surface area (Å²) >= 11 is 0. The number of likely N-dealkylation sites (tertiary alicyclic amines) is 1. The minimum absolute atomic E-state index is 0.0588. The lowest BCUT2D eigenvalue weighted by Gasteiger charge is -2.47. The number of hydrogen-bond donors (Lipinski definition) is 1. The van der Waals surface area contributed by atoms with Crippen LogP contribution in [0.15, 0.2) is 12.7 Å². The fourth-order valence-corrected chi connectivity index (χ4v) is 3.79. The molecule has 0 aromatic carbocycles. The maximum atomic E-state index is 12.8. The van der Waals surface area contributed by atoms with Crippen molar-refractivity contribution in [3.63, 3.8) is 0 Å². The van der Waals surface area contributed by atoms with Crippen molar-refractivity contribution >= 4 is 17.7 Å². The van der Waals surface area contributed by atoms with E-state index in [1.165, 1.54) is 4.90 Å². The number of carbonyl (C=O) groups excluding carboxylic acids is 3. The fraction of sp³-hybridized carbons (Fsp3) is 0.706. The van der Waals surface area contributed by atoms with Crippen molar-refractivity contribution in [3.8, 4) is 0 Å². The van der Waals surface area contributed by atoms with Crippen molar-refractivity contribution in [1.82, 2.24) is 10.2 Å². The number of fused-ring (bicyclic) bond motifs is 2. The molecule has 2 atom stereocenters. The zero-order valence-corrected chi connectivity index (χ0v) is 13.8. The van der Waals surface area contributed by atoms with Gasteiger partial charge in [-0.3, -0.25) is 19.3 Å². The molecule has 3 amide bonds. The van der Waals surface area contributed by atoms with Crippen LogP contribution in [0.1, 0.15) is 46.5 Å². The lowest BCUT2D eigenvalue weighted by molar-refractivity contribution is -0.168. The molecule has 122 valence electrons. The van der Waals surface area contributed by atoms with Gasteiger partial charge in [-0.1, -0.05) is 26.8 Å². The van der Waals surface area contributed by atoms with Crippen LogP contribution in [0.5, 0.6) is 0 Å². The standard InChI is InChI=1S/C17H26N2O3/c1-5-10-18-13(20)7-6-11-19-14(21)12-8-9-17(4,15(19)22)16(12,2)3/h5,12H,1,6-11H2,2-4H3,(H,18,20). The van der Waals surface area contributed by atoms with Gasteiger partial charge in [0.1, 0.15) is 0 Å². The summed E-state index contributed by atoms with van der Waals surface area (Å²) < 4.78 is 0. The Morgan fingerprint density at radius 3 is 2.73 bits per heavy atom. The third kappa shape index (κ3) is 2.46. The molecule has 2 unspecified atom stereocenters. The van der Waals surface area contributed by atoms with Gasteiger partial charge in [-0.15, -0.1) is 6.58 Å². The van der Waals surface area contributed by atoms with E-state index >= 15 is 0 Å². The van der Waals surface area contributed by atoms with Gasteiger partial charge in [-0.05, 0) is 24.7 Å². The molecule has 1 aliphatic heterocycles. The quantitative estimate of drug-likeness (QED) is 0.602. The number of imide groups is 1. The number of nitrogens with zero attached hydrogens (tertiary/aromatic N) is 1. The highest BCUT2D eigenvalue weighted by Crippen LogP contribution is 2.59. The molecule has 1 heterocycles. The topological polar surface area (TPSA) is 66.5 Å². The van der Waals surface area contributed by atoms with Crippen LogP contribution >= 0.6 is 0 Å². The summed E-state index contributed by atoms with van der Waals surface area (Å²) in [5, 5.41) is 2.70. The predicted octanol–water partition coefficient (Wildman–Crippen LogP) is 1.88. The maximum absolute atomic E-state index is 12.8. The third-order valence-corrected chi connectivity index (χ3v) is 5.74. The predicted molar refractivity (Wildman–Crippen MR) is 83.8 cm³/mol. The number of hydrogen-bond acceptors (Lipinski definition) is 3. The summed E-state index contributed by atoms with van der Waals surface area (Å²) in [7, 11) is 0. The van der Waals surface area contributed by atoms with E-state index in [-0.39, 0.29) is 29.1 Å². The first-order valence-corrected chi connectivity index (χ1v) is 7.99. The van der Waals surface area contributed by atoms with Gasteiger partial charge in [0, 0.05) is 25.4 Å². The first-order chi connectivity index (χ1) is 10.3. The third-order valence-electron chi connectivity index (χ3n) is 5.74. The van der Waals surface area contributed by atoms with Crippen LogP contribution in [-0.2, 0) is 14.4 Å². The Hall–Kier alpha value is -1.65. The average molecular weight is 306 g/mol. The second kappa shape index (κ2) is 5.86. The van der Waals surface area contributed by atoms with Gasteiger partial charge in [0.25, 0.3) is 0 Å². The van der Waals surface area contributed by atoms with E-state index in [1.54, 1.807) is 6.08 Å². The van der Waals surface area contributed by atoms with Crippen LogP contribution in [0, 0.1) is 16.7 Å². The van der Waals surface area contributed by atoms with Crippen molar-refractivity contribution in [3.05, 3.63) is 12.7 Å². The first-order valence-electron chi connectivity index (χ1n) is 7.99. The van der Waals surface area contributed by atoms with Crippen LogP contribution < -0.4 is 5.32 Å². The highest BCUT2D eigenvalue weighted by molar-refractivity contribution is 6.03. The van der Waals surface area contributed by atoms with Gasteiger partial charge < -0.3 is 5.32 Å². The molecule has 2 rings (SSSR count). The van der Waals surface area contributed by atoms with Crippen LogP contribution in [-0.4, -0.2) is 35.7 Å². The SMILES string of the molecule is C=CCNC(=O)CCCN1C(=O)C2CCC(C)(C1=O)C2(C)C. The number of carbonyl (C=O) groups is 3. The van der Waals surface area contributed by atoms with Gasteiger partial charge >= 0.3 is 0 Å². The maximum Gasteiger partial charge on any atom is 0.235 e. The fourth-order valence-electron chi connectivity index (χ4n) is 3.79. The Labute approximate surface area is 132 Å². The van der Waals surface area contributed by atoms with Crippen LogP contribution in [0.2, 0.25) is 0 Å².